The molecule has 3 aromatic carbocycles. The maximum atomic E-state index is 13.7. The van der Waals surface area contributed by atoms with Crippen LogP contribution in [0.3, 0.4) is 0 Å². The van der Waals surface area contributed by atoms with Crippen LogP contribution in [0.1, 0.15) is 42.2 Å². The average molecular weight is 534 g/mol. The van der Waals surface area contributed by atoms with Gasteiger partial charge in [0, 0.05) is 24.7 Å². The molecule has 39 heavy (non-hydrogen) atoms. The van der Waals surface area contributed by atoms with E-state index in [1.807, 2.05) is 0 Å². The third-order valence-electron chi connectivity index (χ3n) is 6.56. The van der Waals surface area contributed by atoms with E-state index in [2.05, 4.69) is 15.6 Å². The van der Waals surface area contributed by atoms with E-state index in [1.165, 1.54) is 30.3 Å². The Hall–Kier alpha value is -4.80. The Kier molecular flexibility index (Phi) is 6.73. The monoisotopic (exact) mass is 533 g/mol. The highest BCUT2D eigenvalue weighted by molar-refractivity contribution is 6.21. The first-order valence-electron chi connectivity index (χ1n) is 12.0. The summed E-state index contributed by atoms with van der Waals surface area (Å²) in [5.74, 6) is -1.68. The summed E-state index contributed by atoms with van der Waals surface area (Å²) in [5.41, 5.74) is 1.26. The van der Waals surface area contributed by atoms with Crippen LogP contribution in [0.5, 0.6) is 0 Å². The molecule has 1 N–H and O–H groups in total. The first-order valence-corrected chi connectivity index (χ1v) is 12.0. The van der Waals surface area contributed by atoms with Crippen LogP contribution in [0.4, 0.5) is 13.2 Å². The summed E-state index contributed by atoms with van der Waals surface area (Å²) in [5, 5.41) is 10.4. The first kappa shape index (κ1) is 25.8. The lowest BCUT2D eigenvalue weighted by atomic mass is 9.99. The zero-order valence-electron chi connectivity index (χ0n) is 20.6. The number of aryl methyl sites for hydroxylation is 1. The summed E-state index contributed by atoms with van der Waals surface area (Å²) >= 11 is 0. The van der Waals surface area contributed by atoms with Crippen molar-refractivity contribution in [1.82, 2.24) is 25.2 Å². The van der Waals surface area contributed by atoms with Crippen LogP contribution in [0.2, 0.25) is 0 Å². The molecule has 0 saturated carbocycles. The fraction of sp³-hybridized carbons (Fsp3) is 0.179. The number of aromatic nitrogens is 3. The fourth-order valence-corrected chi connectivity index (χ4v) is 4.64. The number of nitrogens with zero attached hydrogens (tertiary/aromatic N) is 4. The number of hydrogen-bond acceptors (Lipinski definition) is 5. The Morgan fingerprint density at radius 3 is 2.13 bits per heavy atom. The summed E-state index contributed by atoms with van der Waals surface area (Å²) in [7, 11) is 1.73. The van der Waals surface area contributed by atoms with Gasteiger partial charge in [0.05, 0.1) is 34.6 Å². The van der Waals surface area contributed by atoms with Crippen molar-refractivity contribution in [3.05, 3.63) is 107 Å². The van der Waals surface area contributed by atoms with Crippen molar-refractivity contribution in [3.63, 3.8) is 0 Å². The molecule has 1 aromatic heterocycles. The number of nitrogens with one attached hydrogen (secondary N) is 1. The predicted molar refractivity (Wildman–Crippen MR) is 135 cm³/mol. The molecule has 11 heteroatoms. The molecule has 0 spiro atoms. The minimum absolute atomic E-state index is 0.0639. The van der Waals surface area contributed by atoms with Gasteiger partial charge < -0.3 is 5.32 Å². The van der Waals surface area contributed by atoms with Gasteiger partial charge in [-0.1, -0.05) is 47.7 Å². The molecule has 198 valence electrons. The van der Waals surface area contributed by atoms with E-state index in [9.17, 15) is 27.6 Å². The van der Waals surface area contributed by atoms with E-state index in [0.29, 0.717) is 0 Å². The number of carbonyl (C=O) groups excluding carboxylic acids is 3. The molecule has 2 heterocycles. The van der Waals surface area contributed by atoms with Gasteiger partial charge in [-0.3, -0.25) is 19.3 Å². The van der Waals surface area contributed by atoms with Crippen molar-refractivity contribution in [2.75, 3.05) is 6.54 Å². The Morgan fingerprint density at radius 2 is 1.54 bits per heavy atom. The summed E-state index contributed by atoms with van der Waals surface area (Å²) in [4.78, 5) is 40.1. The summed E-state index contributed by atoms with van der Waals surface area (Å²) in [6.07, 6.45) is -3.30. The molecule has 0 radical (unpaired) electrons. The van der Waals surface area contributed by atoms with E-state index < -0.39 is 35.5 Å². The van der Waals surface area contributed by atoms with Gasteiger partial charge in [-0.2, -0.15) is 13.2 Å². The highest BCUT2D eigenvalue weighted by atomic mass is 19.4. The van der Waals surface area contributed by atoms with Crippen LogP contribution in [0, 0.1) is 0 Å². The minimum Gasteiger partial charge on any atom is -0.347 e. The minimum atomic E-state index is -4.61. The Bertz CT molecular complexity index is 1530. The van der Waals surface area contributed by atoms with Gasteiger partial charge in [-0.15, -0.1) is 5.10 Å². The van der Waals surface area contributed by atoms with Crippen LogP contribution < -0.4 is 5.32 Å². The number of hydrogen-bond donors (Lipinski definition) is 1. The van der Waals surface area contributed by atoms with Gasteiger partial charge in [0.2, 0.25) is 0 Å². The largest absolute Gasteiger partial charge is 0.416 e. The van der Waals surface area contributed by atoms with Crippen molar-refractivity contribution in [3.8, 4) is 11.3 Å². The van der Waals surface area contributed by atoms with Crippen molar-refractivity contribution >= 4 is 17.7 Å². The molecule has 3 amide bonds. The number of carbonyl (C=O) groups is 3. The molecular weight excluding hydrogens is 511 g/mol. The van der Waals surface area contributed by atoms with E-state index in [4.69, 9.17) is 0 Å². The van der Waals surface area contributed by atoms with Gasteiger partial charge >= 0.3 is 6.18 Å². The summed E-state index contributed by atoms with van der Waals surface area (Å²) < 4.78 is 42.7. The van der Waals surface area contributed by atoms with Gasteiger partial charge in [0.1, 0.15) is 0 Å². The van der Waals surface area contributed by atoms with E-state index in [-0.39, 0.29) is 35.2 Å². The number of imide groups is 1. The third-order valence-corrected chi connectivity index (χ3v) is 6.56. The van der Waals surface area contributed by atoms with Crippen LogP contribution >= 0.6 is 0 Å². The van der Waals surface area contributed by atoms with Gasteiger partial charge in [-0.25, -0.2) is 4.68 Å². The highest BCUT2D eigenvalue weighted by Crippen LogP contribution is 2.33. The third kappa shape index (κ3) is 5.15. The molecule has 1 aliphatic heterocycles. The second-order valence-corrected chi connectivity index (χ2v) is 9.12. The second-order valence-electron chi connectivity index (χ2n) is 9.12. The number of fused-ring (bicyclic) bond motifs is 1. The van der Waals surface area contributed by atoms with Crippen LogP contribution in [-0.2, 0) is 19.6 Å². The van der Waals surface area contributed by atoms with Crippen LogP contribution in [0.25, 0.3) is 11.3 Å². The van der Waals surface area contributed by atoms with Crippen molar-refractivity contribution in [2.24, 2.45) is 7.05 Å². The topological polar surface area (TPSA) is 97.2 Å². The molecule has 1 atom stereocenters. The predicted octanol–water partition coefficient (Wildman–Crippen LogP) is 4.14. The standard InChI is InChI=1S/C28H22F3N5O3/c1-35-24(15-32-34-35)17-10-12-18(13-11-17)25(37)33-20(14-19-6-2-5-9-23(19)28(29,30)31)16-36-26(38)21-7-3-4-8-22(21)27(36)39/h2-13,15,20H,14,16H2,1H3,(H,33,37). The Balaban J connectivity index is 1.42. The lowest BCUT2D eigenvalue weighted by Crippen LogP contribution is -2.47. The molecule has 4 aromatic rings. The second kappa shape index (κ2) is 10.2. The van der Waals surface area contributed by atoms with E-state index in [1.54, 1.807) is 54.3 Å². The fourth-order valence-electron chi connectivity index (χ4n) is 4.64. The van der Waals surface area contributed by atoms with Gasteiger partial charge in [-0.05, 0) is 42.3 Å². The quantitative estimate of drug-likeness (QED) is 0.360. The van der Waals surface area contributed by atoms with Crippen LogP contribution in [0.15, 0.2) is 79.0 Å². The number of alkyl halides is 3. The molecular formula is C28H22F3N5O3. The molecule has 0 bridgehead atoms. The molecule has 8 nitrogen and oxygen atoms in total. The maximum Gasteiger partial charge on any atom is 0.416 e. The van der Waals surface area contributed by atoms with Crippen molar-refractivity contribution in [1.29, 1.82) is 0 Å². The number of benzene rings is 3. The number of halogens is 3. The molecule has 0 aliphatic carbocycles. The first-order chi connectivity index (χ1) is 18.6. The molecule has 1 aliphatic rings. The van der Waals surface area contributed by atoms with Gasteiger partial charge in [0.25, 0.3) is 17.7 Å². The maximum absolute atomic E-state index is 13.7. The number of rotatable bonds is 7. The Labute approximate surface area is 221 Å². The lowest BCUT2D eigenvalue weighted by Gasteiger charge is -2.25. The average Bonchev–Trinajstić information content (AvgIpc) is 3.45. The zero-order chi connectivity index (χ0) is 27.7. The highest BCUT2D eigenvalue weighted by Gasteiger charge is 2.38. The molecule has 0 fully saturated rings. The SMILES string of the molecule is Cn1nncc1-c1ccc(C(=O)NC(Cc2ccccc2C(F)(F)F)CN2C(=O)c3ccccc3C2=O)cc1. The molecule has 5 rings (SSSR count). The van der Waals surface area contributed by atoms with Crippen molar-refractivity contribution in [2.45, 2.75) is 18.6 Å². The molecule has 1 unspecified atom stereocenters. The normalized spacial score (nSPS) is 13.9. The van der Waals surface area contributed by atoms with E-state index >= 15 is 0 Å². The van der Waals surface area contributed by atoms with E-state index in [0.717, 1.165) is 22.2 Å². The van der Waals surface area contributed by atoms with Gasteiger partial charge in [0.15, 0.2) is 0 Å². The lowest BCUT2D eigenvalue weighted by molar-refractivity contribution is -0.138. The Morgan fingerprint density at radius 1 is 0.923 bits per heavy atom. The smallest absolute Gasteiger partial charge is 0.347 e. The summed E-state index contributed by atoms with van der Waals surface area (Å²) in [6, 6.07) is 16.9. The number of amides is 3. The zero-order valence-corrected chi connectivity index (χ0v) is 20.6. The van der Waals surface area contributed by atoms with Crippen LogP contribution in [-0.4, -0.2) is 50.2 Å². The molecule has 0 saturated heterocycles. The van der Waals surface area contributed by atoms with Crippen molar-refractivity contribution < 1.29 is 27.6 Å². The summed E-state index contributed by atoms with van der Waals surface area (Å²) in [6.45, 7) is -0.303.